The largest absolute Gasteiger partial charge is 0.369 e. The maximum absolute atomic E-state index is 11.0. The maximum atomic E-state index is 11.0. The second kappa shape index (κ2) is 8.89. The first kappa shape index (κ1) is 13.3. The van der Waals surface area contributed by atoms with E-state index in [0.717, 1.165) is 0 Å². The fourth-order valence-corrected chi connectivity index (χ4v) is 0.747. The van der Waals surface area contributed by atoms with Crippen molar-refractivity contribution in [2.75, 3.05) is 41.1 Å². The quantitative estimate of drug-likeness (QED) is 0.431. The van der Waals surface area contributed by atoms with E-state index in [1.54, 1.807) is 7.11 Å². The van der Waals surface area contributed by atoms with Gasteiger partial charge in [-0.05, 0) is 0 Å². The van der Waals surface area contributed by atoms with E-state index in [1.807, 2.05) is 0 Å². The number of hydrogen-bond acceptors (Lipinski definition) is 5. The molecule has 0 saturated heterocycles. The molecular weight excluding hydrogens is 188 g/mol. The normalized spacial score (nSPS) is 10.2. The van der Waals surface area contributed by atoms with Gasteiger partial charge in [-0.3, -0.25) is 15.0 Å². The van der Waals surface area contributed by atoms with Crippen molar-refractivity contribution in [2.24, 2.45) is 0 Å². The van der Waals surface area contributed by atoms with Crippen molar-refractivity contribution < 1.29 is 19.0 Å². The summed E-state index contributed by atoms with van der Waals surface area (Å²) in [5, 5.41) is 2.85. The predicted octanol–water partition coefficient (Wildman–Crippen LogP) is -0.436. The van der Waals surface area contributed by atoms with Crippen LogP contribution in [0.1, 0.15) is 6.92 Å². The van der Waals surface area contributed by atoms with Gasteiger partial charge in [0.2, 0.25) is 5.91 Å². The van der Waals surface area contributed by atoms with Gasteiger partial charge in [0.15, 0.2) is 0 Å². The molecule has 0 bridgehead atoms. The summed E-state index contributed by atoms with van der Waals surface area (Å²) in [6, 6.07) is 0. The zero-order valence-electron chi connectivity index (χ0n) is 8.91. The van der Waals surface area contributed by atoms with Gasteiger partial charge in [-0.25, -0.2) is 0 Å². The van der Waals surface area contributed by atoms with E-state index < -0.39 is 0 Å². The fourth-order valence-electron chi connectivity index (χ4n) is 0.747. The van der Waals surface area contributed by atoms with Crippen molar-refractivity contribution in [1.82, 2.24) is 10.2 Å². The Morgan fingerprint density at radius 3 is 2.43 bits per heavy atom. The summed E-state index contributed by atoms with van der Waals surface area (Å²) in [7, 11) is 3.11. The minimum absolute atomic E-state index is 0.0846. The molecular formula is C8H18N2O4. The summed E-state index contributed by atoms with van der Waals surface area (Å²) >= 11 is 0. The Balaban J connectivity index is 3.46. The molecule has 0 aliphatic heterocycles. The van der Waals surface area contributed by atoms with Crippen LogP contribution in [0, 0.1) is 0 Å². The minimum atomic E-state index is -0.0846. The van der Waals surface area contributed by atoms with E-state index in [1.165, 1.54) is 18.9 Å². The van der Waals surface area contributed by atoms with Crippen LogP contribution in [0.5, 0.6) is 0 Å². The van der Waals surface area contributed by atoms with E-state index >= 15 is 0 Å². The molecule has 0 atom stereocenters. The Kier molecular flexibility index (Phi) is 8.45. The van der Waals surface area contributed by atoms with Gasteiger partial charge in [-0.15, -0.1) is 0 Å². The first-order chi connectivity index (χ1) is 6.72. The number of nitrogens with one attached hydrogen (secondary N) is 1. The second-order valence-electron chi connectivity index (χ2n) is 2.64. The predicted molar refractivity (Wildman–Crippen MR) is 50.2 cm³/mol. The van der Waals surface area contributed by atoms with Crippen molar-refractivity contribution in [2.45, 2.75) is 6.92 Å². The van der Waals surface area contributed by atoms with Crippen LogP contribution in [0.25, 0.3) is 0 Å². The van der Waals surface area contributed by atoms with Crippen LogP contribution in [0.15, 0.2) is 0 Å². The molecule has 0 aromatic heterocycles. The highest BCUT2D eigenvalue weighted by Crippen LogP contribution is 1.89. The molecule has 1 amide bonds. The van der Waals surface area contributed by atoms with Crippen molar-refractivity contribution in [3.63, 3.8) is 0 Å². The molecule has 6 nitrogen and oxygen atoms in total. The zero-order valence-corrected chi connectivity index (χ0v) is 8.91. The number of carbonyl (C=O) groups is 1. The monoisotopic (exact) mass is 206 g/mol. The molecule has 0 aromatic carbocycles. The van der Waals surface area contributed by atoms with Crippen LogP contribution in [-0.4, -0.2) is 51.9 Å². The van der Waals surface area contributed by atoms with Gasteiger partial charge >= 0.3 is 0 Å². The fraction of sp³-hybridized carbons (Fsp3) is 0.875. The summed E-state index contributed by atoms with van der Waals surface area (Å²) in [5.74, 6) is -0.0846. The van der Waals surface area contributed by atoms with Gasteiger partial charge in [0.1, 0.15) is 20.2 Å². The Hall–Kier alpha value is -0.690. The summed E-state index contributed by atoms with van der Waals surface area (Å²) in [5.41, 5.74) is 0. The van der Waals surface area contributed by atoms with Crippen LogP contribution in [-0.2, 0) is 19.0 Å². The molecule has 0 heterocycles. The SMILES string of the molecule is COCNCOCN(COC)C(C)=O. The van der Waals surface area contributed by atoms with Crippen LogP contribution >= 0.6 is 0 Å². The van der Waals surface area contributed by atoms with Crippen LogP contribution in [0.3, 0.4) is 0 Å². The van der Waals surface area contributed by atoms with Crippen LogP contribution in [0.4, 0.5) is 0 Å². The topological polar surface area (TPSA) is 60.0 Å². The average molecular weight is 206 g/mol. The first-order valence-corrected chi connectivity index (χ1v) is 4.24. The number of nitrogens with zero attached hydrogens (tertiary/aromatic N) is 1. The third kappa shape index (κ3) is 6.79. The molecule has 0 aromatic rings. The molecule has 14 heavy (non-hydrogen) atoms. The molecule has 0 aliphatic rings. The summed E-state index contributed by atoms with van der Waals surface area (Å²) in [6.07, 6.45) is 0. The van der Waals surface area contributed by atoms with Crippen LogP contribution in [0.2, 0.25) is 0 Å². The van der Waals surface area contributed by atoms with Crippen molar-refractivity contribution >= 4 is 5.91 Å². The summed E-state index contributed by atoms with van der Waals surface area (Å²) in [6.45, 7) is 2.66. The number of amides is 1. The van der Waals surface area contributed by atoms with E-state index in [2.05, 4.69) is 5.32 Å². The molecule has 6 heteroatoms. The summed E-state index contributed by atoms with van der Waals surface area (Å²) in [4.78, 5) is 12.4. The van der Waals surface area contributed by atoms with Crippen LogP contribution < -0.4 is 5.32 Å². The highest BCUT2D eigenvalue weighted by atomic mass is 16.5. The van der Waals surface area contributed by atoms with Gasteiger partial charge in [-0.2, -0.15) is 0 Å². The number of hydrogen-bond donors (Lipinski definition) is 1. The van der Waals surface area contributed by atoms with Crippen molar-refractivity contribution in [3.05, 3.63) is 0 Å². The molecule has 0 aliphatic carbocycles. The zero-order chi connectivity index (χ0) is 10.8. The average Bonchev–Trinajstić information content (AvgIpc) is 2.15. The lowest BCUT2D eigenvalue weighted by atomic mass is 10.6. The maximum Gasteiger partial charge on any atom is 0.223 e. The standard InChI is InChI=1S/C8H18N2O4/c1-8(11)10(6-13-3)7-14-5-9-4-12-2/h9H,4-7H2,1-3H3. The van der Waals surface area contributed by atoms with E-state index in [9.17, 15) is 4.79 Å². The Bertz CT molecular complexity index is 154. The lowest BCUT2D eigenvalue weighted by molar-refractivity contribution is -0.141. The molecule has 0 rings (SSSR count). The van der Waals surface area contributed by atoms with Gasteiger partial charge in [0.25, 0.3) is 0 Å². The summed E-state index contributed by atoms with van der Waals surface area (Å²) < 4.78 is 14.7. The highest BCUT2D eigenvalue weighted by molar-refractivity contribution is 5.72. The Morgan fingerprint density at radius 1 is 1.21 bits per heavy atom. The molecule has 1 N–H and O–H groups in total. The first-order valence-electron chi connectivity index (χ1n) is 4.24. The van der Waals surface area contributed by atoms with E-state index in [4.69, 9.17) is 14.2 Å². The number of methoxy groups -OCH3 is 2. The Morgan fingerprint density at radius 2 is 1.93 bits per heavy atom. The Labute approximate surface area is 84.1 Å². The highest BCUT2D eigenvalue weighted by Gasteiger charge is 2.06. The molecule has 84 valence electrons. The van der Waals surface area contributed by atoms with Crippen molar-refractivity contribution in [3.8, 4) is 0 Å². The minimum Gasteiger partial charge on any atom is -0.369 e. The molecule has 0 unspecified atom stereocenters. The third-order valence-electron chi connectivity index (χ3n) is 1.43. The second-order valence-corrected chi connectivity index (χ2v) is 2.64. The van der Waals surface area contributed by atoms with Crippen molar-refractivity contribution in [1.29, 1.82) is 0 Å². The molecule has 0 fully saturated rings. The number of ether oxygens (including phenoxy) is 3. The number of rotatable bonds is 8. The van der Waals surface area contributed by atoms with Gasteiger partial charge < -0.3 is 14.2 Å². The lowest BCUT2D eigenvalue weighted by Crippen LogP contribution is -2.34. The number of carbonyl (C=O) groups excluding carboxylic acids is 1. The smallest absolute Gasteiger partial charge is 0.223 e. The van der Waals surface area contributed by atoms with Gasteiger partial charge in [-0.1, -0.05) is 0 Å². The molecule has 0 spiro atoms. The van der Waals surface area contributed by atoms with Gasteiger partial charge in [0.05, 0.1) is 6.73 Å². The van der Waals surface area contributed by atoms with E-state index in [-0.39, 0.29) is 19.4 Å². The molecule has 0 radical (unpaired) electrons. The lowest BCUT2D eigenvalue weighted by Gasteiger charge is -2.19. The molecule has 0 saturated carbocycles. The van der Waals surface area contributed by atoms with E-state index in [0.29, 0.717) is 13.5 Å². The third-order valence-corrected chi connectivity index (χ3v) is 1.43. The van der Waals surface area contributed by atoms with Gasteiger partial charge in [0, 0.05) is 21.1 Å².